The van der Waals surface area contributed by atoms with Crippen LogP contribution in [0.3, 0.4) is 0 Å². The molecule has 1 heterocycles. The summed E-state index contributed by atoms with van der Waals surface area (Å²) in [6, 6.07) is 7.88. The molecule has 5 heteroatoms. The molecule has 1 aromatic heterocycles. The average molecular weight is 356 g/mol. The first-order chi connectivity index (χ1) is 12.5. The number of nitrogens with zero attached hydrogens (tertiary/aromatic N) is 1. The number of carbonyl (C=O) groups is 1. The van der Waals surface area contributed by atoms with Gasteiger partial charge in [0.25, 0.3) is 5.91 Å². The van der Waals surface area contributed by atoms with E-state index in [0.717, 1.165) is 17.0 Å². The first kappa shape index (κ1) is 18.4. The van der Waals surface area contributed by atoms with Crippen LogP contribution in [0.5, 0.6) is 11.5 Å². The number of benzene rings is 1. The Balaban J connectivity index is 1.84. The van der Waals surface area contributed by atoms with Gasteiger partial charge in [0.05, 0.1) is 19.8 Å². The van der Waals surface area contributed by atoms with Crippen LogP contribution in [0.2, 0.25) is 0 Å². The number of rotatable bonds is 5. The molecule has 0 radical (unpaired) electrons. The third-order valence-electron chi connectivity index (χ3n) is 5.28. The van der Waals surface area contributed by atoms with E-state index in [0.29, 0.717) is 23.2 Å². The zero-order valence-electron chi connectivity index (χ0n) is 16.1. The van der Waals surface area contributed by atoms with Gasteiger partial charge >= 0.3 is 0 Å². The molecule has 0 spiro atoms. The predicted molar refractivity (Wildman–Crippen MR) is 104 cm³/mol. The standard InChI is InChI=1S/C21H28N2O3/c1-14-10-20(15(2)23(14)17-8-6-5-7-9-17)21(24)22-16-11-18(25-3)13-19(12-16)26-4/h10-13,17H,5-9H2,1-4H3,(H,22,24). The summed E-state index contributed by atoms with van der Waals surface area (Å²) in [5.41, 5.74) is 3.59. The lowest BCUT2D eigenvalue weighted by Crippen LogP contribution is -2.17. The van der Waals surface area contributed by atoms with Crippen molar-refractivity contribution in [3.63, 3.8) is 0 Å². The van der Waals surface area contributed by atoms with Crippen LogP contribution < -0.4 is 14.8 Å². The van der Waals surface area contributed by atoms with Gasteiger partial charge < -0.3 is 19.4 Å². The number of aromatic nitrogens is 1. The van der Waals surface area contributed by atoms with E-state index in [2.05, 4.69) is 16.8 Å². The zero-order valence-corrected chi connectivity index (χ0v) is 16.1. The number of nitrogens with one attached hydrogen (secondary N) is 1. The summed E-state index contributed by atoms with van der Waals surface area (Å²) in [5, 5.41) is 2.98. The first-order valence-electron chi connectivity index (χ1n) is 9.26. The quantitative estimate of drug-likeness (QED) is 0.831. The number of ether oxygens (including phenoxy) is 2. The van der Waals surface area contributed by atoms with E-state index in [1.807, 2.05) is 13.0 Å². The zero-order chi connectivity index (χ0) is 18.7. The molecule has 0 aliphatic heterocycles. The molecule has 1 saturated carbocycles. The van der Waals surface area contributed by atoms with Crippen LogP contribution in [-0.2, 0) is 0 Å². The minimum absolute atomic E-state index is 0.101. The second kappa shape index (κ2) is 7.85. The molecule has 26 heavy (non-hydrogen) atoms. The lowest BCUT2D eigenvalue weighted by molar-refractivity contribution is 0.102. The van der Waals surface area contributed by atoms with E-state index in [1.165, 1.54) is 32.1 Å². The lowest BCUT2D eigenvalue weighted by atomic mass is 9.95. The van der Waals surface area contributed by atoms with Crippen molar-refractivity contribution in [1.29, 1.82) is 0 Å². The Hall–Kier alpha value is -2.43. The molecule has 3 rings (SSSR count). The summed E-state index contributed by atoms with van der Waals surface area (Å²) >= 11 is 0. The molecule has 0 atom stereocenters. The van der Waals surface area contributed by atoms with Gasteiger partial charge in [-0.25, -0.2) is 0 Å². The first-order valence-corrected chi connectivity index (χ1v) is 9.26. The molecule has 1 aliphatic carbocycles. The predicted octanol–water partition coefficient (Wildman–Crippen LogP) is 4.88. The molecule has 2 aromatic rings. The van der Waals surface area contributed by atoms with Crippen LogP contribution >= 0.6 is 0 Å². The smallest absolute Gasteiger partial charge is 0.257 e. The molecule has 1 N–H and O–H groups in total. The number of hydrogen-bond acceptors (Lipinski definition) is 3. The fourth-order valence-corrected chi connectivity index (χ4v) is 3.99. The molecule has 1 aliphatic rings. The number of anilines is 1. The molecule has 140 valence electrons. The second-order valence-corrected chi connectivity index (χ2v) is 7.00. The normalized spacial score (nSPS) is 14.9. The summed E-state index contributed by atoms with van der Waals surface area (Å²) in [6.45, 7) is 4.13. The Labute approximate surface area is 155 Å². The number of carbonyl (C=O) groups excluding carboxylic acids is 1. The topological polar surface area (TPSA) is 52.5 Å². The van der Waals surface area contributed by atoms with Gasteiger partial charge in [0.1, 0.15) is 11.5 Å². The third kappa shape index (κ3) is 3.71. The van der Waals surface area contributed by atoms with Crippen LogP contribution in [0.15, 0.2) is 24.3 Å². The van der Waals surface area contributed by atoms with Gasteiger partial charge in [-0.2, -0.15) is 0 Å². The van der Waals surface area contributed by atoms with E-state index in [4.69, 9.17) is 9.47 Å². The van der Waals surface area contributed by atoms with Gasteiger partial charge in [-0.15, -0.1) is 0 Å². The fourth-order valence-electron chi connectivity index (χ4n) is 3.99. The second-order valence-electron chi connectivity index (χ2n) is 7.00. The maximum Gasteiger partial charge on any atom is 0.257 e. The minimum atomic E-state index is -0.101. The molecule has 5 nitrogen and oxygen atoms in total. The van der Waals surface area contributed by atoms with Crippen LogP contribution in [0, 0.1) is 13.8 Å². The minimum Gasteiger partial charge on any atom is -0.497 e. The van der Waals surface area contributed by atoms with E-state index in [1.54, 1.807) is 32.4 Å². The van der Waals surface area contributed by atoms with Gasteiger partial charge in [0.15, 0.2) is 0 Å². The van der Waals surface area contributed by atoms with Crippen molar-refractivity contribution in [2.75, 3.05) is 19.5 Å². The highest BCUT2D eigenvalue weighted by Gasteiger charge is 2.22. The molecule has 0 bridgehead atoms. The van der Waals surface area contributed by atoms with Crippen molar-refractivity contribution >= 4 is 11.6 Å². The van der Waals surface area contributed by atoms with Crippen molar-refractivity contribution in [3.8, 4) is 11.5 Å². The molecular weight excluding hydrogens is 328 g/mol. The van der Waals surface area contributed by atoms with Crippen molar-refractivity contribution in [2.24, 2.45) is 0 Å². The summed E-state index contributed by atoms with van der Waals surface area (Å²) in [6.07, 6.45) is 6.26. The number of aryl methyl sites for hydroxylation is 1. The Morgan fingerprint density at radius 2 is 1.62 bits per heavy atom. The number of hydrogen-bond donors (Lipinski definition) is 1. The number of methoxy groups -OCH3 is 2. The summed E-state index contributed by atoms with van der Waals surface area (Å²) in [5.74, 6) is 1.19. The van der Waals surface area contributed by atoms with Crippen molar-refractivity contribution in [2.45, 2.75) is 52.0 Å². The Morgan fingerprint density at radius 3 is 2.19 bits per heavy atom. The van der Waals surface area contributed by atoms with Crippen molar-refractivity contribution in [3.05, 3.63) is 41.2 Å². The van der Waals surface area contributed by atoms with Crippen LogP contribution in [0.1, 0.15) is 59.9 Å². The Bertz CT molecular complexity index is 767. The average Bonchev–Trinajstić information content (AvgIpc) is 2.96. The maximum absolute atomic E-state index is 12.9. The monoisotopic (exact) mass is 356 g/mol. The Kier molecular flexibility index (Phi) is 5.55. The van der Waals surface area contributed by atoms with Gasteiger partial charge in [-0.3, -0.25) is 4.79 Å². The van der Waals surface area contributed by atoms with Crippen molar-refractivity contribution in [1.82, 2.24) is 4.57 Å². The summed E-state index contributed by atoms with van der Waals surface area (Å²) in [4.78, 5) is 12.9. The van der Waals surface area contributed by atoms with Crippen LogP contribution in [0.4, 0.5) is 5.69 Å². The maximum atomic E-state index is 12.9. The Morgan fingerprint density at radius 1 is 1.00 bits per heavy atom. The molecular formula is C21H28N2O3. The van der Waals surface area contributed by atoms with Crippen LogP contribution in [0.25, 0.3) is 0 Å². The van der Waals surface area contributed by atoms with E-state index in [9.17, 15) is 4.79 Å². The van der Waals surface area contributed by atoms with Gasteiger partial charge in [-0.1, -0.05) is 19.3 Å². The highest BCUT2D eigenvalue weighted by atomic mass is 16.5. The largest absolute Gasteiger partial charge is 0.497 e. The van der Waals surface area contributed by atoms with E-state index in [-0.39, 0.29) is 5.91 Å². The molecule has 1 fully saturated rings. The van der Waals surface area contributed by atoms with Gasteiger partial charge in [0, 0.05) is 41.3 Å². The molecule has 0 unspecified atom stereocenters. The van der Waals surface area contributed by atoms with E-state index < -0.39 is 0 Å². The summed E-state index contributed by atoms with van der Waals surface area (Å²) in [7, 11) is 3.19. The highest BCUT2D eigenvalue weighted by Crippen LogP contribution is 2.32. The van der Waals surface area contributed by atoms with Gasteiger partial charge in [-0.05, 0) is 32.8 Å². The number of amides is 1. The third-order valence-corrected chi connectivity index (χ3v) is 5.28. The molecule has 1 amide bonds. The lowest BCUT2D eigenvalue weighted by Gasteiger charge is -2.26. The molecule has 1 aromatic carbocycles. The molecule has 0 saturated heterocycles. The van der Waals surface area contributed by atoms with E-state index >= 15 is 0 Å². The fraction of sp³-hybridized carbons (Fsp3) is 0.476. The van der Waals surface area contributed by atoms with Crippen LogP contribution in [-0.4, -0.2) is 24.7 Å². The summed E-state index contributed by atoms with van der Waals surface area (Å²) < 4.78 is 12.9. The van der Waals surface area contributed by atoms with Crippen molar-refractivity contribution < 1.29 is 14.3 Å². The SMILES string of the molecule is COc1cc(NC(=O)c2cc(C)n(C3CCCCC3)c2C)cc(OC)c1. The highest BCUT2D eigenvalue weighted by molar-refractivity contribution is 6.05. The van der Waals surface area contributed by atoms with Gasteiger partial charge in [0.2, 0.25) is 0 Å².